The number of unbranched alkanes of at least 4 members (excludes halogenated alkanes) is 3. The van der Waals surface area contributed by atoms with Crippen molar-refractivity contribution in [1.29, 1.82) is 0 Å². The molecule has 0 fully saturated rings. The van der Waals surface area contributed by atoms with E-state index in [9.17, 15) is 8.78 Å². The Labute approximate surface area is 185 Å². The van der Waals surface area contributed by atoms with Crippen LogP contribution < -0.4 is 10.1 Å². The van der Waals surface area contributed by atoms with Crippen LogP contribution in [0, 0.1) is 0 Å². The Balaban J connectivity index is 1.43. The Bertz CT molecular complexity index is 746. The lowest BCUT2D eigenvalue weighted by atomic mass is 10.1. The molecule has 0 spiro atoms. The number of aliphatic hydroxyl groups is 1. The number of ether oxygens (including phenoxy) is 2. The summed E-state index contributed by atoms with van der Waals surface area (Å²) in [5.41, 5.74) is 0.800. The Hall–Kier alpha value is -1.54. The fourth-order valence-corrected chi connectivity index (χ4v) is 3.31. The summed E-state index contributed by atoms with van der Waals surface area (Å²) < 4.78 is 39.6. The Kier molecular flexibility index (Phi) is 11.3. The second kappa shape index (κ2) is 13.7. The van der Waals surface area contributed by atoms with E-state index in [-0.39, 0.29) is 12.2 Å². The number of halogens is 3. The van der Waals surface area contributed by atoms with Crippen molar-refractivity contribution in [3.05, 3.63) is 64.1 Å². The largest absolute Gasteiger partial charge is 0.492 e. The van der Waals surface area contributed by atoms with Crippen LogP contribution in [0.2, 0.25) is 0 Å². The average Bonchev–Trinajstić information content (AvgIpc) is 2.74. The van der Waals surface area contributed by atoms with Crippen LogP contribution in [0.15, 0.2) is 53.0 Å². The number of hydrogen-bond acceptors (Lipinski definition) is 4. The molecule has 0 aromatic heterocycles. The average molecular weight is 486 g/mol. The molecule has 0 bridgehead atoms. The van der Waals surface area contributed by atoms with Gasteiger partial charge < -0.3 is 19.9 Å². The van der Waals surface area contributed by atoms with Gasteiger partial charge in [-0.3, -0.25) is 0 Å². The molecule has 0 heterocycles. The lowest BCUT2D eigenvalue weighted by molar-refractivity contribution is -0.0831. The highest BCUT2D eigenvalue weighted by Gasteiger charge is 2.31. The number of nitrogens with one attached hydrogen (secondary N) is 1. The molecule has 0 aliphatic heterocycles. The fourth-order valence-electron chi connectivity index (χ4n) is 2.91. The SMILES string of the molecule is OCc1cccc(OCCNCCCCCCOCC(F)(F)c2cccc(Br)c2)c1. The molecule has 166 valence electrons. The first kappa shape index (κ1) is 24.7. The van der Waals surface area contributed by atoms with Crippen LogP contribution in [-0.4, -0.2) is 38.0 Å². The predicted octanol–water partition coefficient (Wildman–Crippen LogP) is 5.28. The summed E-state index contributed by atoms with van der Waals surface area (Å²) in [5, 5.41) is 12.4. The zero-order valence-electron chi connectivity index (χ0n) is 17.1. The molecule has 0 atom stereocenters. The van der Waals surface area contributed by atoms with E-state index in [1.54, 1.807) is 12.1 Å². The summed E-state index contributed by atoms with van der Waals surface area (Å²) in [6.07, 6.45) is 3.78. The van der Waals surface area contributed by atoms with Crippen LogP contribution in [-0.2, 0) is 17.3 Å². The van der Waals surface area contributed by atoms with Gasteiger partial charge >= 0.3 is 0 Å². The maximum Gasteiger partial charge on any atom is 0.296 e. The number of rotatable bonds is 15. The van der Waals surface area contributed by atoms with Crippen LogP contribution >= 0.6 is 15.9 Å². The van der Waals surface area contributed by atoms with Gasteiger partial charge in [-0.2, -0.15) is 8.78 Å². The van der Waals surface area contributed by atoms with E-state index < -0.39 is 12.5 Å². The van der Waals surface area contributed by atoms with Crippen molar-refractivity contribution in [2.75, 3.05) is 32.9 Å². The molecule has 7 heteroatoms. The molecule has 0 saturated carbocycles. The minimum Gasteiger partial charge on any atom is -0.492 e. The Morgan fingerprint density at radius 3 is 2.53 bits per heavy atom. The van der Waals surface area contributed by atoms with E-state index in [1.165, 1.54) is 12.1 Å². The number of aliphatic hydroxyl groups excluding tert-OH is 1. The van der Waals surface area contributed by atoms with Gasteiger partial charge in [0, 0.05) is 23.2 Å². The lowest BCUT2D eigenvalue weighted by Crippen LogP contribution is -2.22. The maximum atomic E-state index is 14.1. The van der Waals surface area contributed by atoms with Gasteiger partial charge in [0.25, 0.3) is 5.92 Å². The van der Waals surface area contributed by atoms with Gasteiger partial charge in [0.15, 0.2) is 0 Å². The molecule has 0 saturated heterocycles. The fraction of sp³-hybridized carbons (Fsp3) is 0.478. The van der Waals surface area contributed by atoms with Crippen LogP contribution in [0.25, 0.3) is 0 Å². The number of benzene rings is 2. The summed E-state index contributed by atoms with van der Waals surface area (Å²) in [5.74, 6) is -2.22. The molecular formula is C23H30BrF2NO3. The van der Waals surface area contributed by atoms with Crippen molar-refractivity contribution in [2.45, 2.75) is 38.2 Å². The molecule has 30 heavy (non-hydrogen) atoms. The molecule has 0 aliphatic rings. The number of alkyl halides is 2. The van der Waals surface area contributed by atoms with Gasteiger partial charge in [-0.25, -0.2) is 0 Å². The third kappa shape index (κ3) is 9.51. The van der Waals surface area contributed by atoms with E-state index in [0.717, 1.165) is 50.1 Å². The normalized spacial score (nSPS) is 11.6. The highest BCUT2D eigenvalue weighted by atomic mass is 79.9. The summed E-state index contributed by atoms with van der Waals surface area (Å²) in [4.78, 5) is 0. The van der Waals surface area contributed by atoms with Gasteiger partial charge in [0.2, 0.25) is 0 Å². The molecule has 2 aromatic rings. The van der Waals surface area contributed by atoms with Crippen molar-refractivity contribution >= 4 is 15.9 Å². The van der Waals surface area contributed by atoms with Gasteiger partial charge in [0.1, 0.15) is 19.0 Å². The first-order chi connectivity index (χ1) is 14.5. The van der Waals surface area contributed by atoms with Gasteiger partial charge in [-0.15, -0.1) is 0 Å². The van der Waals surface area contributed by atoms with Crippen molar-refractivity contribution in [3.8, 4) is 5.75 Å². The zero-order valence-corrected chi connectivity index (χ0v) is 18.7. The standard InChI is InChI=1S/C23H30BrF2NO3/c24-21-9-6-8-20(16-21)23(25,26)18-29-13-4-2-1-3-11-27-12-14-30-22-10-5-7-19(15-22)17-28/h5-10,15-16,27-28H,1-4,11-14,17-18H2. The third-order valence-electron chi connectivity index (χ3n) is 4.55. The summed E-state index contributed by atoms with van der Waals surface area (Å²) in [7, 11) is 0. The van der Waals surface area contributed by atoms with Crippen LogP contribution in [0.4, 0.5) is 8.78 Å². The quantitative estimate of drug-likeness (QED) is 0.337. The lowest BCUT2D eigenvalue weighted by Gasteiger charge is -2.17. The predicted molar refractivity (Wildman–Crippen MR) is 118 cm³/mol. The van der Waals surface area contributed by atoms with E-state index in [4.69, 9.17) is 14.6 Å². The molecule has 2 N–H and O–H groups in total. The second-order valence-corrected chi connectivity index (χ2v) is 8.00. The van der Waals surface area contributed by atoms with E-state index in [0.29, 0.717) is 17.7 Å². The molecule has 0 unspecified atom stereocenters. The Morgan fingerprint density at radius 1 is 0.933 bits per heavy atom. The van der Waals surface area contributed by atoms with Crippen LogP contribution in [0.5, 0.6) is 5.75 Å². The highest BCUT2D eigenvalue weighted by molar-refractivity contribution is 9.10. The smallest absolute Gasteiger partial charge is 0.296 e. The molecule has 0 amide bonds. The Morgan fingerprint density at radius 2 is 1.73 bits per heavy atom. The van der Waals surface area contributed by atoms with Crippen LogP contribution in [0.1, 0.15) is 36.8 Å². The number of hydrogen-bond donors (Lipinski definition) is 2. The summed E-state index contributed by atoms with van der Waals surface area (Å²) >= 11 is 3.21. The molecular weight excluding hydrogens is 456 g/mol. The van der Waals surface area contributed by atoms with Gasteiger partial charge in [-0.1, -0.05) is 53.0 Å². The summed E-state index contributed by atoms with van der Waals surface area (Å²) in [6, 6.07) is 13.6. The molecule has 2 aromatic carbocycles. The van der Waals surface area contributed by atoms with E-state index >= 15 is 0 Å². The van der Waals surface area contributed by atoms with Crippen LogP contribution in [0.3, 0.4) is 0 Å². The minimum absolute atomic E-state index is 0.00786. The molecule has 4 nitrogen and oxygen atoms in total. The molecule has 0 radical (unpaired) electrons. The summed E-state index contributed by atoms with van der Waals surface area (Å²) in [6.45, 7) is 1.96. The van der Waals surface area contributed by atoms with Gasteiger partial charge in [0.05, 0.1) is 6.61 Å². The highest BCUT2D eigenvalue weighted by Crippen LogP contribution is 2.30. The van der Waals surface area contributed by atoms with Crippen molar-refractivity contribution in [1.82, 2.24) is 5.32 Å². The van der Waals surface area contributed by atoms with Gasteiger partial charge in [-0.05, 0) is 49.2 Å². The first-order valence-corrected chi connectivity index (χ1v) is 11.1. The molecule has 0 aliphatic carbocycles. The van der Waals surface area contributed by atoms with Crippen molar-refractivity contribution in [3.63, 3.8) is 0 Å². The van der Waals surface area contributed by atoms with Crippen molar-refractivity contribution < 1.29 is 23.4 Å². The van der Waals surface area contributed by atoms with E-state index in [2.05, 4.69) is 21.2 Å². The first-order valence-electron chi connectivity index (χ1n) is 10.3. The minimum atomic E-state index is -2.98. The molecule has 2 rings (SSSR count). The third-order valence-corrected chi connectivity index (χ3v) is 5.04. The topological polar surface area (TPSA) is 50.7 Å². The monoisotopic (exact) mass is 485 g/mol. The second-order valence-electron chi connectivity index (χ2n) is 7.09. The van der Waals surface area contributed by atoms with Crippen molar-refractivity contribution in [2.24, 2.45) is 0 Å². The zero-order chi connectivity index (χ0) is 21.7. The maximum absolute atomic E-state index is 14.1. The van der Waals surface area contributed by atoms with E-state index in [1.807, 2.05) is 24.3 Å².